The summed E-state index contributed by atoms with van der Waals surface area (Å²) in [6.07, 6.45) is 1.11. The van der Waals surface area contributed by atoms with Crippen molar-refractivity contribution in [1.82, 2.24) is 4.31 Å². The highest BCUT2D eigenvalue weighted by Gasteiger charge is 2.36. The molecule has 0 saturated carbocycles. The monoisotopic (exact) mass is 322 g/mol. The van der Waals surface area contributed by atoms with Gasteiger partial charge in [0.2, 0.25) is 10.0 Å². The number of hydrogen-bond donors (Lipinski definition) is 1. The normalized spacial score (nSPS) is 19.5. The quantitative estimate of drug-likeness (QED) is 0.571. The van der Waals surface area contributed by atoms with E-state index in [0.29, 0.717) is 30.9 Å². The van der Waals surface area contributed by atoms with E-state index in [1.54, 1.807) is 6.92 Å². The van der Waals surface area contributed by atoms with E-state index in [1.165, 1.54) is 4.31 Å². The summed E-state index contributed by atoms with van der Waals surface area (Å²) in [5.41, 5.74) is 5.41. The number of carbonyl (C=O) groups is 1. The molecule has 1 rings (SSSR count). The van der Waals surface area contributed by atoms with Crippen LogP contribution in [0.25, 0.3) is 0 Å². The van der Waals surface area contributed by atoms with Crippen LogP contribution in [0.15, 0.2) is 0 Å². The molecule has 0 aliphatic carbocycles. The molecule has 8 heteroatoms. The summed E-state index contributed by atoms with van der Waals surface area (Å²) >= 11 is 5.02. The van der Waals surface area contributed by atoms with E-state index in [-0.39, 0.29) is 24.2 Å². The van der Waals surface area contributed by atoms with Gasteiger partial charge in [-0.25, -0.2) is 12.7 Å². The second-order valence-corrected chi connectivity index (χ2v) is 7.72. The Morgan fingerprint density at radius 2 is 1.95 bits per heavy atom. The van der Waals surface area contributed by atoms with Crippen molar-refractivity contribution < 1.29 is 17.9 Å². The molecule has 1 heterocycles. The smallest absolute Gasteiger partial charge is 0.306 e. The molecule has 116 valence electrons. The van der Waals surface area contributed by atoms with Crippen LogP contribution >= 0.6 is 12.2 Å². The predicted molar refractivity (Wildman–Crippen MR) is 80.7 cm³/mol. The number of nitrogens with two attached hydrogens (primary N) is 1. The first-order valence-electron chi connectivity index (χ1n) is 6.64. The highest BCUT2D eigenvalue weighted by molar-refractivity contribution is 7.89. The van der Waals surface area contributed by atoms with Crippen LogP contribution in [0.4, 0.5) is 0 Å². The van der Waals surface area contributed by atoms with Gasteiger partial charge in [0.05, 0.1) is 23.8 Å². The van der Waals surface area contributed by atoms with Crippen LogP contribution in [0.3, 0.4) is 0 Å². The minimum Gasteiger partial charge on any atom is -0.466 e. The average Bonchev–Trinajstić information content (AvgIpc) is 2.37. The van der Waals surface area contributed by atoms with Gasteiger partial charge in [-0.1, -0.05) is 19.1 Å². The second kappa shape index (κ2) is 6.82. The zero-order valence-corrected chi connectivity index (χ0v) is 13.6. The Morgan fingerprint density at radius 3 is 2.40 bits per heavy atom. The van der Waals surface area contributed by atoms with Crippen LogP contribution in [0, 0.1) is 5.41 Å². The van der Waals surface area contributed by atoms with Gasteiger partial charge in [0, 0.05) is 18.5 Å². The fraction of sp³-hybridized carbons (Fsp3) is 0.833. The molecule has 20 heavy (non-hydrogen) atoms. The number of carbonyl (C=O) groups excluding carboxylic acids is 1. The van der Waals surface area contributed by atoms with Crippen molar-refractivity contribution in [1.29, 1.82) is 0 Å². The van der Waals surface area contributed by atoms with Gasteiger partial charge >= 0.3 is 5.97 Å². The van der Waals surface area contributed by atoms with Crippen molar-refractivity contribution in [3.63, 3.8) is 0 Å². The van der Waals surface area contributed by atoms with Crippen LogP contribution in [-0.4, -0.2) is 49.1 Å². The molecule has 2 N–H and O–H groups in total. The minimum atomic E-state index is -3.42. The molecule has 0 atom stereocenters. The van der Waals surface area contributed by atoms with E-state index in [4.69, 9.17) is 22.7 Å². The Morgan fingerprint density at radius 1 is 1.40 bits per heavy atom. The van der Waals surface area contributed by atoms with Crippen molar-refractivity contribution >= 4 is 33.2 Å². The van der Waals surface area contributed by atoms with E-state index >= 15 is 0 Å². The van der Waals surface area contributed by atoms with E-state index < -0.39 is 16.0 Å². The van der Waals surface area contributed by atoms with Crippen molar-refractivity contribution in [2.45, 2.75) is 33.1 Å². The summed E-state index contributed by atoms with van der Waals surface area (Å²) in [6.45, 7) is 4.68. The molecule has 1 saturated heterocycles. The van der Waals surface area contributed by atoms with Gasteiger partial charge < -0.3 is 10.5 Å². The molecular weight excluding hydrogens is 300 g/mol. The summed E-state index contributed by atoms with van der Waals surface area (Å²) < 4.78 is 30.4. The van der Waals surface area contributed by atoms with Gasteiger partial charge in [-0.2, -0.15) is 0 Å². The predicted octanol–water partition coefficient (Wildman–Crippen LogP) is 0.658. The topological polar surface area (TPSA) is 89.7 Å². The number of esters is 1. The standard InChI is InChI=1S/C12H22N2O4S2/c1-3-18-10(15)4-9-20(16,17)14-7-5-12(2,6-8-14)11(13)19/h3-9H2,1-2H3,(H2,13,19). The number of ether oxygens (including phenoxy) is 1. The fourth-order valence-electron chi connectivity index (χ4n) is 2.08. The lowest BCUT2D eigenvalue weighted by Crippen LogP contribution is -2.47. The van der Waals surface area contributed by atoms with Gasteiger partial charge in [0.25, 0.3) is 0 Å². The molecule has 0 amide bonds. The Labute approximate surface area is 125 Å². The Balaban J connectivity index is 2.55. The number of sulfonamides is 1. The van der Waals surface area contributed by atoms with Gasteiger partial charge in [0.15, 0.2) is 0 Å². The first-order valence-corrected chi connectivity index (χ1v) is 8.66. The molecule has 0 aromatic heterocycles. The molecule has 1 fully saturated rings. The van der Waals surface area contributed by atoms with Crippen molar-refractivity contribution in [3.05, 3.63) is 0 Å². The van der Waals surface area contributed by atoms with Crippen molar-refractivity contribution in [3.8, 4) is 0 Å². The Hall–Kier alpha value is -0.730. The zero-order chi connectivity index (χ0) is 15.4. The molecule has 0 aromatic carbocycles. The van der Waals surface area contributed by atoms with Gasteiger partial charge in [-0.15, -0.1) is 0 Å². The molecule has 6 nitrogen and oxygen atoms in total. The third-order valence-corrected chi connectivity index (χ3v) is 6.05. The Kier molecular flexibility index (Phi) is 5.91. The first kappa shape index (κ1) is 17.3. The number of thiocarbonyl (C=S) groups is 1. The van der Waals surface area contributed by atoms with Crippen LogP contribution < -0.4 is 5.73 Å². The van der Waals surface area contributed by atoms with Gasteiger partial charge in [-0.3, -0.25) is 4.79 Å². The highest BCUT2D eigenvalue weighted by atomic mass is 32.2. The fourth-order valence-corrected chi connectivity index (χ4v) is 3.70. The lowest BCUT2D eigenvalue weighted by molar-refractivity contribution is -0.142. The van der Waals surface area contributed by atoms with Crippen LogP contribution in [0.2, 0.25) is 0 Å². The van der Waals surface area contributed by atoms with Crippen LogP contribution in [0.5, 0.6) is 0 Å². The molecule has 1 aliphatic heterocycles. The molecule has 1 aliphatic rings. The van der Waals surface area contributed by atoms with Crippen molar-refractivity contribution in [2.75, 3.05) is 25.4 Å². The summed E-state index contributed by atoms with van der Waals surface area (Å²) in [5, 5.41) is 0. The largest absolute Gasteiger partial charge is 0.466 e. The van der Waals surface area contributed by atoms with Gasteiger partial charge in [-0.05, 0) is 19.8 Å². The van der Waals surface area contributed by atoms with E-state index in [1.807, 2.05) is 6.92 Å². The summed E-state index contributed by atoms with van der Waals surface area (Å²) in [7, 11) is -3.42. The van der Waals surface area contributed by atoms with Crippen molar-refractivity contribution in [2.24, 2.45) is 11.1 Å². The van der Waals surface area contributed by atoms with E-state index in [2.05, 4.69) is 0 Å². The second-order valence-electron chi connectivity index (χ2n) is 5.19. The maximum Gasteiger partial charge on any atom is 0.306 e. The summed E-state index contributed by atoms with van der Waals surface area (Å²) in [5.74, 6) is -0.698. The van der Waals surface area contributed by atoms with Crippen LogP contribution in [0.1, 0.15) is 33.1 Å². The lowest BCUT2D eigenvalue weighted by atomic mass is 9.81. The first-order chi connectivity index (χ1) is 9.21. The van der Waals surface area contributed by atoms with E-state index in [9.17, 15) is 13.2 Å². The minimum absolute atomic E-state index is 0.112. The average molecular weight is 322 g/mol. The third kappa shape index (κ3) is 4.39. The summed E-state index contributed by atoms with van der Waals surface area (Å²) in [6, 6.07) is 0. The number of nitrogens with zero attached hydrogens (tertiary/aromatic N) is 1. The molecular formula is C12H22N2O4S2. The third-order valence-electron chi connectivity index (χ3n) is 3.68. The maximum absolute atomic E-state index is 12.1. The maximum atomic E-state index is 12.1. The number of piperidine rings is 1. The van der Waals surface area contributed by atoms with Crippen LogP contribution in [-0.2, 0) is 19.6 Å². The number of rotatable bonds is 6. The molecule has 0 unspecified atom stereocenters. The SMILES string of the molecule is CCOC(=O)CCS(=O)(=O)N1CCC(C)(C(N)=S)CC1. The zero-order valence-electron chi connectivity index (χ0n) is 11.9. The summed E-state index contributed by atoms with van der Waals surface area (Å²) in [4.78, 5) is 11.7. The highest BCUT2D eigenvalue weighted by Crippen LogP contribution is 2.32. The molecule has 0 aromatic rings. The molecule has 0 bridgehead atoms. The van der Waals surface area contributed by atoms with E-state index in [0.717, 1.165) is 0 Å². The van der Waals surface area contributed by atoms with Gasteiger partial charge in [0.1, 0.15) is 0 Å². The molecule has 0 spiro atoms. The lowest BCUT2D eigenvalue weighted by Gasteiger charge is -2.37. The molecule has 0 radical (unpaired) electrons. The number of hydrogen-bond acceptors (Lipinski definition) is 5. The Bertz CT molecular complexity index is 468.